The van der Waals surface area contributed by atoms with Crippen LogP contribution in [0.25, 0.3) is 6.08 Å². The predicted molar refractivity (Wildman–Crippen MR) is 124 cm³/mol. The molecule has 1 aliphatic rings. The van der Waals surface area contributed by atoms with Crippen LogP contribution in [0.2, 0.25) is 0 Å². The minimum Gasteiger partial charge on any atom is -0.490 e. The Morgan fingerprint density at radius 3 is 2.68 bits per heavy atom. The summed E-state index contributed by atoms with van der Waals surface area (Å²) in [6, 6.07) is 13.1. The number of nitrogens with zero attached hydrogens (tertiary/aromatic N) is 1. The van der Waals surface area contributed by atoms with Crippen molar-refractivity contribution in [2.75, 3.05) is 11.9 Å². The molecule has 2 aromatic rings. The Morgan fingerprint density at radius 1 is 1.19 bits per heavy atom. The Morgan fingerprint density at radius 2 is 1.94 bits per heavy atom. The van der Waals surface area contributed by atoms with E-state index in [1.807, 2.05) is 70.2 Å². The van der Waals surface area contributed by atoms with E-state index in [4.69, 9.17) is 4.74 Å². The maximum absolute atomic E-state index is 12.8. The largest absolute Gasteiger partial charge is 0.490 e. The predicted octanol–water partition coefficient (Wildman–Crippen LogP) is 5.16. The van der Waals surface area contributed by atoms with Crippen LogP contribution in [0.4, 0.5) is 10.5 Å². The monoisotopic (exact) mass is 438 g/mol. The van der Waals surface area contributed by atoms with Gasteiger partial charge in [-0.05, 0) is 68.3 Å². The van der Waals surface area contributed by atoms with E-state index in [0.29, 0.717) is 17.0 Å². The van der Waals surface area contributed by atoms with E-state index in [1.54, 1.807) is 6.08 Å². The lowest BCUT2D eigenvalue weighted by Gasteiger charge is -2.15. The van der Waals surface area contributed by atoms with Gasteiger partial charge in [-0.1, -0.05) is 37.3 Å². The quantitative estimate of drug-likeness (QED) is 0.605. The van der Waals surface area contributed by atoms with E-state index in [0.717, 1.165) is 34.2 Å². The number of carbonyl (C=O) groups excluding carboxylic acids is 3. The number of carbonyl (C=O) groups is 3. The van der Waals surface area contributed by atoms with E-state index in [9.17, 15) is 14.4 Å². The zero-order valence-corrected chi connectivity index (χ0v) is 18.9. The highest BCUT2D eigenvalue weighted by atomic mass is 32.2. The Bertz CT molecular complexity index is 1050. The number of hydrogen-bond donors (Lipinski definition) is 1. The average Bonchev–Trinajstić information content (AvgIpc) is 2.99. The van der Waals surface area contributed by atoms with Gasteiger partial charge < -0.3 is 10.1 Å². The van der Waals surface area contributed by atoms with Crippen LogP contribution in [-0.4, -0.2) is 34.6 Å². The van der Waals surface area contributed by atoms with Gasteiger partial charge in [0.25, 0.3) is 11.1 Å². The van der Waals surface area contributed by atoms with Gasteiger partial charge in [0.2, 0.25) is 5.91 Å². The molecular weight excluding hydrogens is 412 g/mol. The lowest BCUT2D eigenvalue weighted by Crippen LogP contribution is -2.36. The fourth-order valence-corrected chi connectivity index (χ4v) is 3.82. The van der Waals surface area contributed by atoms with Crippen molar-refractivity contribution in [1.29, 1.82) is 0 Å². The molecule has 1 aliphatic heterocycles. The molecule has 0 saturated carbocycles. The summed E-state index contributed by atoms with van der Waals surface area (Å²) in [5.74, 6) is -0.251. The van der Waals surface area contributed by atoms with Crippen molar-refractivity contribution < 1.29 is 19.1 Å². The van der Waals surface area contributed by atoms with Crippen LogP contribution in [0, 0.1) is 13.8 Å². The molecule has 3 amide bonds. The van der Waals surface area contributed by atoms with Crippen LogP contribution in [0.3, 0.4) is 0 Å². The number of rotatable bonds is 7. The van der Waals surface area contributed by atoms with Gasteiger partial charge in [-0.15, -0.1) is 0 Å². The highest BCUT2D eigenvalue weighted by Crippen LogP contribution is 2.34. The Hall–Kier alpha value is -3.06. The number of ether oxygens (including phenoxy) is 1. The van der Waals surface area contributed by atoms with E-state index in [2.05, 4.69) is 5.32 Å². The first kappa shape index (κ1) is 22.6. The Kier molecular flexibility index (Phi) is 7.17. The average molecular weight is 439 g/mol. The molecule has 3 rings (SSSR count). The van der Waals surface area contributed by atoms with Crippen LogP contribution in [0.15, 0.2) is 47.4 Å². The molecule has 0 aliphatic carbocycles. The van der Waals surface area contributed by atoms with E-state index >= 15 is 0 Å². The SMILES string of the molecule is CC[C@H](C)Oc1ccccc1/C=C1/SC(=O)N(CC(=O)Nc2cc(C)ccc2C)C1=O. The van der Waals surface area contributed by atoms with Gasteiger partial charge in [0.05, 0.1) is 11.0 Å². The molecule has 0 aromatic heterocycles. The van der Waals surface area contributed by atoms with Crippen molar-refractivity contribution in [3.05, 3.63) is 64.1 Å². The third-order valence-corrected chi connectivity index (χ3v) is 5.86. The molecule has 1 saturated heterocycles. The summed E-state index contributed by atoms with van der Waals surface area (Å²) in [5.41, 5.74) is 3.30. The lowest BCUT2D eigenvalue weighted by molar-refractivity contribution is -0.127. The number of aryl methyl sites for hydroxylation is 2. The molecule has 1 N–H and O–H groups in total. The lowest BCUT2D eigenvalue weighted by atomic mass is 10.1. The molecule has 162 valence electrons. The Balaban J connectivity index is 1.74. The molecular formula is C24H26N2O4S. The van der Waals surface area contributed by atoms with E-state index in [-0.39, 0.29) is 17.6 Å². The first-order valence-corrected chi connectivity index (χ1v) is 11.0. The summed E-state index contributed by atoms with van der Waals surface area (Å²) >= 11 is 0.827. The molecule has 31 heavy (non-hydrogen) atoms. The standard InChI is InChI=1S/C24H26N2O4S/c1-5-17(4)30-20-9-7-6-8-18(20)13-21-23(28)26(24(29)31-21)14-22(27)25-19-12-15(2)10-11-16(19)3/h6-13,17H,5,14H2,1-4H3,(H,25,27)/b21-13+/t17-/m0/s1. The number of amides is 3. The second kappa shape index (κ2) is 9.83. The first-order valence-electron chi connectivity index (χ1n) is 10.2. The van der Waals surface area contributed by atoms with Gasteiger partial charge in [-0.25, -0.2) is 0 Å². The molecule has 0 bridgehead atoms. The van der Waals surface area contributed by atoms with Gasteiger partial charge >= 0.3 is 0 Å². The number of anilines is 1. The number of nitrogens with one attached hydrogen (secondary N) is 1. The molecule has 6 nitrogen and oxygen atoms in total. The first-order chi connectivity index (χ1) is 14.8. The molecule has 0 unspecified atom stereocenters. The molecule has 2 aromatic carbocycles. The zero-order chi connectivity index (χ0) is 22.5. The van der Waals surface area contributed by atoms with Gasteiger partial charge in [-0.2, -0.15) is 0 Å². The highest BCUT2D eigenvalue weighted by molar-refractivity contribution is 8.18. The minimum absolute atomic E-state index is 0.0263. The highest BCUT2D eigenvalue weighted by Gasteiger charge is 2.36. The van der Waals surface area contributed by atoms with Gasteiger partial charge in [0, 0.05) is 11.3 Å². The van der Waals surface area contributed by atoms with Crippen molar-refractivity contribution in [3.63, 3.8) is 0 Å². The second-order valence-corrected chi connectivity index (χ2v) is 8.50. The molecule has 1 heterocycles. The van der Waals surface area contributed by atoms with Gasteiger partial charge in [0.1, 0.15) is 12.3 Å². The summed E-state index contributed by atoms with van der Waals surface area (Å²) < 4.78 is 5.92. The second-order valence-electron chi connectivity index (χ2n) is 7.51. The fraction of sp³-hybridized carbons (Fsp3) is 0.292. The summed E-state index contributed by atoms with van der Waals surface area (Å²) in [4.78, 5) is 39.0. The maximum atomic E-state index is 12.8. The number of imide groups is 1. The van der Waals surface area contributed by atoms with Crippen molar-refractivity contribution in [3.8, 4) is 5.75 Å². The Labute approximate surface area is 186 Å². The summed E-state index contributed by atoms with van der Waals surface area (Å²) in [7, 11) is 0. The van der Waals surface area contributed by atoms with E-state index < -0.39 is 17.1 Å². The third-order valence-electron chi connectivity index (χ3n) is 4.95. The van der Waals surface area contributed by atoms with Crippen LogP contribution < -0.4 is 10.1 Å². The minimum atomic E-state index is -0.482. The van der Waals surface area contributed by atoms with Crippen LogP contribution >= 0.6 is 11.8 Å². The maximum Gasteiger partial charge on any atom is 0.294 e. The molecule has 0 spiro atoms. The molecule has 7 heteroatoms. The fourth-order valence-electron chi connectivity index (χ4n) is 2.99. The van der Waals surface area contributed by atoms with Gasteiger partial charge in [0.15, 0.2) is 0 Å². The van der Waals surface area contributed by atoms with Crippen LogP contribution in [-0.2, 0) is 9.59 Å². The summed E-state index contributed by atoms with van der Waals surface area (Å²) in [6.45, 7) is 7.48. The number of para-hydroxylation sites is 1. The molecule has 1 fully saturated rings. The van der Waals surface area contributed by atoms with Crippen molar-refractivity contribution >= 4 is 40.6 Å². The third kappa shape index (κ3) is 5.55. The summed E-state index contributed by atoms with van der Waals surface area (Å²) in [5, 5.41) is 2.32. The normalized spacial score (nSPS) is 16.0. The van der Waals surface area contributed by atoms with Crippen LogP contribution in [0.1, 0.15) is 37.0 Å². The number of hydrogen-bond acceptors (Lipinski definition) is 5. The molecule has 1 atom stereocenters. The smallest absolute Gasteiger partial charge is 0.294 e. The topological polar surface area (TPSA) is 75.7 Å². The van der Waals surface area contributed by atoms with Crippen LogP contribution in [0.5, 0.6) is 5.75 Å². The number of benzene rings is 2. The van der Waals surface area contributed by atoms with Crippen molar-refractivity contribution in [2.45, 2.75) is 40.2 Å². The van der Waals surface area contributed by atoms with Gasteiger partial charge in [-0.3, -0.25) is 19.3 Å². The van der Waals surface area contributed by atoms with Crippen molar-refractivity contribution in [1.82, 2.24) is 4.90 Å². The number of thioether (sulfide) groups is 1. The van der Waals surface area contributed by atoms with E-state index in [1.165, 1.54) is 0 Å². The summed E-state index contributed by atoms with van der Waals surface area (Å²) in [6.07, 6.45) is 2.52. The molecule has 0 radical (unpaired) electrons. The van der Waals surface area contributed by atoms with Crippen molar-refractivity contribution in [2.24, 2.45) is 0 Å². The zero-order valence-electron chi connectivity index (χ0n) is 18.1.